The zero-order valence-corrected chi connectivity index (χ0v) is 19.0. The minimum absolute atomic E-state index is 0.124. The molecule has 9 nitrogen and oxygen atoms in total. The highest BCUT2D eigenvalue weighted by Gasteiger charge is 2.52. The van der Waals surface area contributed by atoms with Crippen LogP contribution in [0.4, 0.5) is 0 Å². The van der Waals surface area contributed by atoms with Gasteiger partial charge in [-0.2, -0.15) is 0 Å². The van der Waals surface area contributed by atoms with Crippen molar-refractivity contribution in [3.05, 3.63) is 41.4 Å². The Morgan fingerprint density at radius 2 is 1.75 bits per heavy atom. The third-order valence-corrected chi connectivity index (χ3v) is 5.51. The van der Waals surface area contributed by atoms with Gasteiger partial charge in [-0.3, -0.25) is 9.59 Å². The lowest BCUT2D eigenvalue weighted by molar-refractivity contribution is -0.167. The molecule has 1 heterocycles. The fraction of sp³-hybridized carbons (Fsp3) is 0.478. The van der Waals surface area contributed by atoms with Gasteiger partial charge in [-0.05, 0) is 24.6 Å². The molecular formula is C23H29NO8. The zero-order valence-electron chi connectivity index (χ0n) is 19.0. The normalized spacial score (nSPS) is 21.6. The van der Waals surface area contributed by atoms with E-state index in [2.05, 4.69) is 5.32 Å². The molecule has 0 aromatic heterocycles. The maximum Gasteiger partial charge on any atom is 0.304 e. The molecule has 0 fully saturated rings. The van der Waals surface area contributed by atoms with Gasteiger partial charge in [0.2, 0.25) is 17.3 Å². The highest BCUT2D eigenvalue weighted by Crippen LogP contribution is 2.52. The minimum atomic E-state index is -1.39. The van der Waals surface area contributed by atoms with Crippen molar-refractivity contribution in [3.8, 4) is 17.2 Å². The van der Waals surface area contributed by atoms with Crippen LogP contribution in [0.2, 0.25) is 0 Å². The molecule has 1 aliphatic carbocycles. The summed E-state index contributed by atoms with van der Waals surface area (Å²) < 4.78 is 34.4. The number of allylic oxidation sites excluding steroid dienone is 1. The molecule has 0 bridgehead atoms. The molecule has 0 spiro atoms. The predicted octanol–water partition coefficient (Wildman–Crippen LogP) is 2.44. The summed E-state index contributed by atoms with van der Waals surface area (Å²) in [6, 6.07) is 3.44. The number of nitrogens with one attached hydrogen (secondary N) is 1. The summed E-state index contributed by atoms with van der Waals surface area (Å²) in [7, 11) is 6.11. The molecular weight excluding hydrogens is 418 g/mol. The van der Waals surface area contributed by atoms with Crippen LogP contribution in [0.3, 0.4) is 0 Å². The van der Waals surface area contributed by atoms with Crippen molar-refractivity contribution in [1.29, 1.82) is 0 Å². The van der Waals surface area contributed by atoms with Gasteiger partial charge in [-0.15, -0.1) is 0 Å². The number of carbonyl (C=O) groups excluding carboxylic acids is 2. The van der Waals surface area contributed by atoms with Crippen LogP contribution < -0.4 is 19.5 Å². The molecule has 0 saturated heterocycles. The van der Waals surface area contributed by atoms with Crippen LogP contribution in [-0.2, 0) is 29.4 Å². The zero-order chi connectivity index (χ0) is 23.3. The van der Waals surface area contributed by atoms with Gasteiger partial charge in [0.15, 0.2) is 23.0 Å². The second-order valence-corrected chi connectivity index (χ2v) is 7.31. The summed E-state index contributed by atoms with van der Waals surface area (Å²) in [6.07, 6.45) is 4.29. The Morgan fingerprint density at radius 1 is 1.09 bits per heavy atom. The van der Waals surface area contributed by atoms with Gasteiger partial charge in [0.1, 0.15) is 13.2 Å². The lowest BCUT2D eigenvalue weighted by atomic mass is 9.73. The average Bonchev–Trinajstić information content (AvgIpc) is 2.81. The molecule has 1 aromatic rings. The molecule has 9 heteroatoms. The van der Waals surface area contributed by atoms with Crippen LogP contribution in [0, 0.1) is 5.92 Å². The van der Waals surface area contributed by atoms with Gasteiger partial charge >= 0.3 is 5.97 Å². The topological polar surface area (TPSA) is 102 Å². The van der Waals surface area contributed by atoms with Crippen molar-refractivity contribution in [2.75, 3.05) is 41.6 Å². The van der Waals surface area contributed by atoms with Crippen molar-refractivity contribution in [2.24, 2.45) is 5.92 Å². The second-order valence-electron chi connectivity index (χ2n) is 7.31. The largest absolute Gasteiger partial charge is 0.493 e. The monoisotopic (exact) mass is 447 g/mol. The molecule has 0 saturated carbocycles. The molecule has 2 aliphatic rings. The Bertz CT molecular complexity index is 913. The highest BCUT2D eigenvalue weighted by atomic mass is 16.6. The first-order valence-electron chi connectivity index (χ1n) is 10.3. The highest BCUT2D eigenvalue weighted by molar-refractivity contribution is 5.75. The van der Waals surface area contributed by atoms with Crippen LogP contribution in [-0.4, -0.2) is 53.5 Å². The lowest BCUT2D eigenvalue weighted by Crippen LogP contribution is -2.45. The van der Waals surface area contributed by atoms with E-state index in [1.165, 1.54) is 28.3 Å². The fourth-order valence-corrected chi connectivity index (χ4v) is 4.11. The number of ether oxygens (including phenoxy) is 6. The van der Waals surface area contributed by atoms with Crippen molar-refractivity contribution in [3.63, 3.8) is 0 Å². The molecule has 2 unspecified atom stereocenters. The molecule has 1 amide bonds. The molecule has 2 atom stereocenters. The Labute approximate surface area is 187 Å². The van der Waals surface area contributed by atoms with Gasteiger partial charge in [-0.25, -0.2) is 0 Å². The van der Waals surface area contributed by atoms with E-state index in [-0.39, 0.29) is 12.3 Å². The van der Waals surface area contributed by atoms with Gasteiger partial charge in [0.05, 0.1) is 21.3 Å². The van der Waals surface area contributed by atoms with Gasteiger partial charge in [-0.1, -0.05) is 6.08 Å². The molecule has 3 rings (SSSR count). The van der Waals surface area contributed by atoms with Gasteiger partial charge in [0, 0.05) is 31.9 Å². The van der Waals surface area contributed by atoms with E-state index >= 15 is 0 Å². The Balaban J connectivity index is 2.26. The van der Waals surface area contributed by atoms with Crippen LogP contribution in [0.5, 0.6) is 17.2 Å². The number of hydrogen-bond donors (Lipinski definition) is 1. The van der Waals surface area contributed by atoms with E-state index in [0.29, 0.717) is 54.0 Å². The van der Waals surface area contributed by atoms with Crippen molar-refractivity contribution in [1.82, 2.24) is 5.32 Å². The summed E-state index contributed by atoms with van der Waals surface area (Å²) in [5.74, 6) is 0.978. The number of methoxy groups -OCH3 is 3. The molecule has 32 heavy (non-hydrogen) atoms. The standard InChI is InChI=1S/C23H29NO8/c1-14(25)32-23(16-12-18(27-3)21(29-5)19(13-16)28-4)15(7-9-20(26)24-2)6-8-17-22(23)31-11-10-30-17/h6,8,12-13,15H,7,9-11H2,1-5H3,(H,24,26). The van der Waals surface area contributed by atoms with Crippen molar-refractivity contribution >= 4 is 11.9 Å². The smallest absolute Gasteiger partial charge is 0.304 e. The summed E-state index contributed by atoms with van der Waals surface area (Å²) in [4.78, 5) is 24.4. The number of hydrogen-bond acceptors (Lipinski definition) is 8. The number of rotatable bonds is 8. The molecule has 1 aromatic carbocycles. The first-order valence-corrected chi connectivity index (χ1v) is 10.3. The summed E-state index contributed by atoms with van der Waals surface area (Å²) in [6.45, 7) is 2.00. The van der Waals surface area contributed by atoms with E-state index in [4.69, 9.17) is 28.4 Å². The quantitative estimate of drug-likeness (QED) is 0.607. The average molecular weight is 447 g/mol. The predicted molar refractivity (Wildman–Crippen MR) is 114 cm³/mol. The number of benzene rings is 1. The second kappa shape index (κ2) is 9.84. The van der Waals surface area contributed by atoms with Gasteiger partial charge < -0.3 is 33.7 Å². The first-order chi connectivity index (χ1) is 15.4. The van der Waals surface area contributed by atoms with Crippen molar-refractivity contribution < 1.29 is 38.0 Å². The number of amides is 1. The third-order valence-electron chi connectivity index (χ3n) is 5.51. The van der Waals surface area contributed by atoms with Gasteiger partial charge in [0.25, 0.3) is 0 Å². The Hall–Kier alpha value is -3.36. The first kappa shape index (κ1) is 23.3. The van der Waals surface area contributed by atoms with Crippen LogP contribution in [0.1, 0.15) is 25.3 Å². The van der Waals surface area contributed by atoms with Crippen LogP contribution in [0.25, 0.3) is 0 Å². The summed E-state index contributed by atoms with van der Waals surface area (Å²) in [5, 5.41) is 2.63. The maximum absolute atomic E-state index is 12.4. The Kier molecular flexibility index (Phi) is 7.17. The lowest BCUT2D eigenvalue weighted by Gasteiger charge is -2.44. The number of esters is 1. The van der Waals surface area contributed by atoms with Crippen LogP contribution >= 0.6 is 0 Å². The van der Waals surface area contributed by atoms with E-state index in [9.17, 15) is 9.59 Å². The van der Waals surface area contributed by atoms with Crippen molar-refractivity contribution in [2.45, 2.75) is 25.4 Å². The molecule has 1 N–H and O–H groups in total. The maximum atomic E-state index is 12.4. The third kappa shape index (κ3) is 4.19. The number of carbonyl (C=O) groups is 2. The van der Waals surface area contributed by atoms with E-state index in [1.54, 1.807) is 25.3 Å². The van der Waals surface area contributed by atoms with Crippen LogP contribution in [0.15, 0.2) is 35.8 Å². The molecule has 0 radical (unpaired) electrons. The van der Waals surface area contributed by atoms with E-state index < -0.39 is 17.5 Å². The Morgan fingerprint density at radius 3 is 2.31 bits per heavy atom. The fourth-order valence-electron chi connectivity index (χ4n) is 4.11. The van der Waals surface area contributed by atoms with E-state index in [0.717, 1.165) is 0 Å². The minimum Gasteiger partial charge on any atom is -0.493 e. The summed E-state index contributed by atoms with van der Waals surface area (Å²) >= 11 is 0. The molecule has 174 valence electrons. The van der Waals surface area contributed by atoms with E-state index in [1.807, 2.05) is 6.08 Å². The molecule has 1 aliphatic heterocycles. The summed E-state index contributed by atoms with van der Waals surface area (Å²) in [5.41, 5.74) is -0.844. The SMILES string of the molecule is CNC(=O)CCC1C=CC2=C(OCCO2)C1(OC(C)=O)c1cc(OC)c(OC)c(OC)c1.